The molecule has 1 aromatic heterocycles. The number of amides is 2. The molecule has 4 nitrogen and oxygen atoms in total. The number of carbonyl (C=O) groups excluding carboxylic acids is 1. The summed E-state index contributed by atoms with van der Waals surface area (Å²) in [6.45, 7) is 0.110. The predicted octanol–water partition coefficient (Wildman–Crippen LogP) is 6.08. The third-order valence-corrected chi connectivity index (χ3v) is 5.74. The number of anilines is 1. The van der Waals surface area contributed by atoms with Crippen LogP contribution in [0.15, 0.2) is 66.9 Å². The summed E-state index contributed by atoms with van der Waals surface area (Å²) in [7, 11) is 0. The Morgan fingerprint density at radius 1 is 1.06 bits per heavy atom. The molecule has 31 heavy (non-hydrogen) atoms. The van der Waals surface area contributed by atoms with Gasteiger partial charge in [-0.25, -0.2) is 9.78 Å². The van der Waals surface area contributed by atoms with E-state index < -0.39 is 23.3 Å². The van der Waals surface area contributed by atoms with Crippen molar-refractivity contribution in [3.63, 3.8) is 0 Å². The minimum Gasteiger partial charge on any atom is -0.335 e. The van der Waals surface area contributed by atoms with Gasteiger partial charge in [0.05, 0.1) is 11.1 Å². The van der Waals surface area contributed by atoms with E-state index >= 15 is 0 Å². The zero-order chi connectivity index (χ0) is 22.2. The van der Waals surface area contributed by atoms with Crippen LogP contribution in [0, 0.1) is 0 Å². The number of hydrogen-bond acceptors (Lipinski definition) is 2. The Labute approximate surface area is 186 Å². The maximum atomic E-state index is 13.5. The van der Waals surface area contributed by atoms with Crippen LogP contribution < -0.4 is 10.2 Å². The van der Waals surface area contributed by atoms with Crippen molar-refractivity contribution in [2.24, 2.45) is 0 Å². The van der Waals surface area contributed by atoms with Crippen molar-refractivity contribution in [1.29, 1.82) is 0 Å². The molecule has 0 radical (unpaired) electrons. The number of halogens is 5. The van der Waals surface area contributed by atoms with Crippen LogP contribution in [0.2, 0.25) is 10.2 Å². The van der Waals surface area contributed by atoms with Gasteiger partial charge in [-0.3, -0.25) is 4.90 Å². The summed E-state index contributed by atoms with van der Waals surface area (Å²) in [6, 6.07) is 14.6. The van der Waals surface area contributed by atoms with E-state index in [2.05, 4.69) is 10.3 Å². The molecule has 1 atom stereocenters. The summed E-state index contributed by atoms with van der Waals surface area (Å²) in [5.41, 5.74) is -0.322. The summed E-state index contributed by atoms with van der Waals surface area (Å²) >= 11 is 11.9. The molecule has 1 N–H and O–H groups in total. The molecule has 0 spiro atoms. The van der Waals surface area contributed by atoms with Crippen molar-refractivity contribution < 1.29 is 18.0 Å². The van der Waals surface area contributed by atoms with E-state index in [0.717, 1.165) is 17.7 Å². The van der Waals surface area contributed by atoms with Gasteiger partial charge in [0.2, 0.25) is 0 Å². The average Bonchev–Trinajstić information content (AvgIpc) is 3.07. The Bertz CT molecular complexity index is 1100. The highest BCUT2D eigenvalue weighted by molar-refractivity contribution is 6.30. The van der Waals surface area contributed by atoms with E-state index in [1.165, 1.54) is 11.0 Å². The van der Waals surface area contributed by atoms with E-state index in [1.807, 2.05) is 0 Å². The first-order valence-electron chi connectivity index (χ1n) is 9.31. The van der Waals surface area contributed by atoms with Crippen LogP contribution in [0.3, 0.4) is 0 Å². The van der Waals surface area contributed by atoms with Gasteiger partial charge in [-0.2, -0.15) is 13.2 Å². The lowest BCUT2D eigenvalue weighted by Gasteiger charge is -2.38. The molecular formula is C22H16Cl2F3N3O. The molecule has 0 bridgehead atoms. The third-order valence-electron chi connectivity index (χ3n) is 5.26. The van der Waals surface area contributed by atoms with Gasteiger partial charge in [0, 0.05) is 29.9 Å². The normalized spacial score (nSPS) is 18.9. The zero-order valence-corrected chi connectivity index (χ0v) is 17.5. The molecule has 2 aromatic carbocycles. The fourth-order valence-corrected chi connectivity index (χ4v) is 4.08. The first kappa shape index (κ1) is 21.5. The van der Waals surface area contributed by atoms with Gasteiger partial charge in [0.1, 0.15) is 5.15 Å². The number of rotatable bonds is 4. The van der Waals surface area contributed by atoms with Gasteiger partial charge in [0.15, 0.2) is 0 Å². The highest BCUT2D eigenvalue weighted by Gasteiger charge is 2.48. The zero-order valence-electron chi connectivity index (χ0n) is 16.0. The fourth-order valence-electron chi connectivity index (χ4n) is 3.84. The molecule has 160 valence electrons. The Balaban J connectivity index is 1.89. The minimum atomic E-state index is -4.51. The molecule has 2 amide bonds. The summed E-state index contributed by atoms with van der Waals surface area (Å²) in [6.07, 6.45) is -2.74. The summed E-state index contributed by atoms with van der Waals surface area (Å²) in [4.78, 5) is 18.5. The number of nitrogens with zero attached hydrogens (tertiary/aromatic N) is 2. The van der Waals surface area contributed by atoms with Crippen molar-refractivity contribution in [3.8, 4) is 0 Å². The molecule has 1 saturated heterocycles. The van der Waals surface area contributed by atoms with Crippen LogP contribution in [0.5, 0.6) is 0 Å². The van der Waals surface area contributed by atoms with Crippen LogP contribution >= 0.6 is 23.2 Å². The Hall–Kier alpha value is -2.77. The van der Waals surface area contributed by atoms with Gasteiger partial charge in [0.25, 0.3) is 0 Å². The molecule has 9 heteroatoms. The molecule has 3 aromatic rings. The maximum Gasteiger partial charge on any atom is 0.416 e. The number of alkyl halides is 3. The molecular weight excluding hydrogens is 450 g/mol. The van der Waals surface area contributed by atoms with Crippen molar-refractivity contribution in [1.82, 2.24) is 10.3 Å². The molecule has 1 fully saturated rings. The second-order valence-electron chi connectivity index (χ2n) is 7.25. The smallest absolute Gasteiger partial charge is 0.335 e. The first-order chi connectivity index (χ1) is 14.7. The van der Waals surface area contributed by atoms with Crippen molar-refractivity contribution in [3.05, 3.63) is 93.7 Å². The van der Waals surface area contributed by atoms with Gasteiger partial charge in [-0.05, 0) is 53.6 Å². The number of nitrogens with one attached hydrogen (secondary N) is 1. The second-order valence-corrected chi connectivity index (χ2v) is 8.07. The minimum absolute atomic E-state index is 0.110. The molecule has 0 unspecified atom stereocenters. The number of carbonyl (C=O) groups is 1. The highest BCUT2D eigenvalue weighted by atomic mass is 35.5. The lowest BCUT2D eigenvalue weighted by molar-refractivity contribution is -0.137. The van der Waals surface area contributed by atoms with Crippen molar-refractivity contribution in [2.75, 3.05) is 11.4 Å². The number of aromatic nitrogens is 1. The molecule has 4 rings (SSSR count). The highest BCUT2D eigenvalue weighted by Crippen LogP contribution is 2.41. The van der Waals surface area contributed by atoms with Crippen LogP contribution in [0.4, 0.5) is 23.7 Å². The largest absolute Gasteiger partial charge is 0.416 e. The van der Waals surface area contributed by atoms with Crippen LogP contribution in [0.1, 0.15) is 16.7 Å². The van der Waals surface area contributed by atoms with Gasteiger partial charge < -0.3 is 5.32 Å². The van der Waals surface area contributed by atoms with E-state index in [4.69, 9.17) is 23.2 Å². The van der Waals surface area contributed by atoms with E-state index in [-0.39, 0.29) is 13.0 Å². The fraction of sp³-hybridized carbons (Fsp3) is 0.182. The lowest BCUT2D eigenvalue weighted by atomic mass is 9.82. The van der Waals surface area contributed by atoms with Gasteiger partial charge in [-0.1, -0.05) is 41.4 Å². The molecule has 2 heterocycles. The Morgan fingerprint density at radius 3 is 2.45 bits per heavy atom. The topological polar surface area (TPSA) is 45.2 Å². The van der Waals surface area contributed by atoms with Crippen LogP contribution in [0.25, 0.3) is 0 Å². The quantitative estimate of drug-likeness (QED) is 0.474. The number of urea groups is 1. The SMILES string of the molecule is O=C1NC[C@](Cc2ccc(Cl)nc2)(c2cccc(C(F)(F)F)c2)N1c1ccc(Cl)cc1. The van der Waals surface area contributed by atoms with Crippen LogP contribution in [-0.4, -0.2) is 17.6 Å². The monoisotopic (exact) mass is 465 g/mol. The van der Waals surface area contributed by atoms with E-state index in [1.54, 1.807) is 48.7 Å². The standard InChI is InChI=1S/C22H16Cl2F3N3O/c23-17-5-7-18(8-6-17)30-20(31)29-13-21(30,11-14-4-9-19(24)28-12-14)15-2-1-3-16(10-15)22(25,26)27/h1-10,12H,11,13H2,(H,29,31)/t21-/m1/s1. The number of pyridine rings is 1. The predicted molar refractivity (Wildman–Crippen MR) is 113 cm³/mol. The maximum absolute atomic E-state index is 13.5. The summed E-state index contributed by atoms with van der Waals surface area (Å²) < 4.78 is 40.4. The lowest BCUT2D eigenvalue weighted by Crippen LogP contribution is -2.47. The summed E-state index contributed by atoms with van der Waals surface area (Å²) in [5.74, 6) is 0. The van der Waals surface area contributed by atoms with Gasteiger partial charge >= 0.3 is 12.2 Å². The third kappa shape index (κ3) is 4.20. The number of benzene rings is 2. The van der Waals surface area contributed by atoms with Crippen LogP contribution in [-0.2, 0) is 18.1 Å². The van der Waals surface area contributed by atoms with Crippen molar-refractivity contribution >= 4 is 34.9 Å². The molecule has 0 aliphatic carbocycles. The summed E-state index contributed by atoms with van der Waals surface area (Å²) in [5, 5.41) is 3.57. The Kier molecular flexibility index (Phi) is 5.58. The van der Waals surface area contributed by atoms with E-state index in [0.29, 0.717) is 21.4 Å². The van der Waals surface area contributed by atoms with E-state index in [9.17, 15) is 18.0 Å². The second kappa shape index (κ2) is 8.05. The van der Waals surface area contributed by atoms with Crippen molar-refractivity contribution in [2.45, 2.75) is 18.1 Å². The Morgan fingerprint density at radius 2 is 1.81 bits per heavy atom. The first-order valence-corrected chi connectivity index (χ1v) is 10.1. The molecule has 1 aliphatic heterocycles. The average molecular weight is 466 g/mol. The number of hydrogen-bond donors (Lipinski definition) is 1. The molecule has 1 aliphatic rings. The van der Waals surface area contributed by atoms with Gasteiger partial charge in [-0.15, -0.1) is 0 Å². The molecule has 0 saturated carbocycles.